The molecular formula is C18H16Cl2N2O2. The summed E-state index contributed by atoms with van der Waals surface area (Å²) in [5.41, 5.74) is 2.50. The summed E-state index contributed by atoms with van der Waals surface area (Å²) in [5, 5.41) is 3.67. The van der Waals surface area contributed by atoms with Gasteiger partial charge in [-0.15, -0.1) is 0 Å². The van der Waals surface area contributed by atoms with E-state index in [4.69, 9.17) is 23.2 Å². The fraction of sp³-hybridized carbons (Fsp3) is 0.222. The van der Waals surface area contributed by atoms with Crippen molar-refractivity contribution < 1.29 is 9.59 Å². The quantitative estimate of drug-likeness (QED) is 0.884. The second-order valence-electron chi connectivity index (χ2n) is 5.86. The van der Waals surface area contributed by atoms with Crippen LogP contribution < -0.4 is 10.2 Å². The highest BCUT2D eigenvalue weighted by atomic mass is 35.5. The summed E-state index contributed by atoms with van der Waals surface area (Å²) < 4.78 is 0. The fourth-order valence-corrected chi connectivity index (χ4v) is 2.96. The molecule has 24 heavy (non-hydrogen) atoms. The number of benzene rings is 2. The lowest BCUT2D eigenvalue weighted by atomic mass is 10.1. The number of anilines is 2. The smallest absolute Gasteiger partial charge is 0.229 e. The molecular weight excluding hydrogens is 347 g/mol. The zero-order valence-corrected chi connectivity index (χ0v) is 14.6. The lowest BCUT2D eigenvalue weighted by molar-refractivity contribution is -0.122. The molecule has 3 rings (SSSR count). The maximum absolute atomic E-state index is 12.4. The number of hydrogen-bond donors (Lipinski definition) is 1. The molecule has 1 N–H and O–H groups in total. The minimum Gasteiger partial charge on any atom is -0.326 e. The van der Waals surface area contributed by atoms with Crippen LogP contribution in [-0.2, 0) is 9.59 Å². The van der Waals surface area contributed by atoms with Gasteiger partial charge in [0, 0.05) is 24.3 Å². The minimum absolute atomic E-state index is 0.0996. The standard InChI is InChI=1S/C18H16Cl2N2O2/c1-11-2-4-13(5-3-11)21-18(24)12-8-17(23)22(10-12)14-6-7-15(19)16(20)9-14/h2-7,9,12H,8,10H2,1H3,(H,21,24)/t12-/m1/s1. The van der Waals surface area contributed by atoms with Crippen LogP contribution in [0, 0.1) is 12.8 Å². The Kier molecular flexibility index (Phi) is 4.78. The number of rotatable bonds is 3. The predicted molar refractivity (Wildman–Crippen MR) is 96.7 cm³/mol. The second kappa shape index (κ2) is 6.83. The molecule has 1 heterocycles. The number of carbonyl (C=O) groups is 2. The van der Waals surface area contributed by atoms with Crippen LogP contribution in [0.2, 0.25) is 10.0 Å². The highest BCUT2D eigenvalue weighted by molar-refractivity contribution is 6.42. The Morgan fingerprint density at radius 3 is 2.50 bits per heavy atom. The molecule has 0 bridgehead atoms. The second-order valence-corrected chi connectivity index (χ2v) is 6.67. The summed E-state index contributed by atoms with van der Waals surface area (Å²) in [5.74, 6) is -0.652. The van der Waals surface area contributed by atoms with Crippen molar-refractivity contribution in [1.82, 2.24) is 0 Å². The third-order valence-corrected chi connectivity index (χ3v) is 4.77. The Morgan fingerprint density at radius 1 is 1.12 bits per heavy atom. The molecule has 1 aliphatic heterocycles. The van der Waals surface area contributed by atoms with Crippen LogP contribution in [0.5, 0.6) is 0 Å². The van der Waals surface area contributed by atoms with Gasteiger partial charge in [-0.2, -0.15) is 0 Å². The Hall–Kier alpha value is -2.04. The summed E-state index contributed by atoms with van der Waals surface area (Å²) >= 11 is 11.9. The molecule has 2 aromatic rings. The van der Waals surface area contributed by atoms with Gasteiger partial charge in [0.2, 0.25) is 11.8 Å². The van der Waals surface area contributed by atoms with Gasteiger partial charge in [0.1, 0.15) is 0 Å². The van der Waals surface area contributed by atoms with Gasteiger partial charge in [0.15, 0.2) is 0 Å². The Labute approximate surface area is 150 Å². The number of nitrogens with one attached hydrogen (secondary N) is 1. The van der Waals surface area contributed by atoms with Crippen LogP contribution in [0.15, 0.2) is 42.5 Å². The number of carbonyl (C=O) groups excluding carboxylic acids is 2. The van der Waals surface area contributed by atoms with Crippen LogP contribution in [0.4, 0.5) is 11.4 Å². The number of amides is 2. The maximum Gasteiger partial charge on any atom is 0.229 e. The van der Waals surface area contributed by atoms with E-state index in [1.54, 1.807) is 23.1 Å². The molecule has 0 spiro atoms. The third kappa shape index (κ3) is 3.55. The van der Waals surface area contributed by atoms with Gasteiger partial charge in [0.05, 0.1) is 16.0 Å². The molecule has 0 radical (unpaired) electrons. The molecule has 124 valence electrons. The number of nitrogens with zero attached hydrogens (tertiary/aromatic N) is 1. The summed E-state index contributed by atoms with van der Waals surface area (Å²) in [6, 6.07) is 12.6. The predicted octanol–water partition coefficient (Wildman–Crippen LogP) is 4.29. The highest BCUT2D eigenvalue weighted by Gasteiger charge is 2.35. The Morgan fingerprint density at radius 2 is 1.83 bits per heavy atom. The first kappa shape index (κ1) is 16.8. The molecule has 0 aromatic heterocycles. The van der Waals surface area contributed by atoms with Crippen molar-refractivity contribution in [2.75, 3.05) is 16.8 Å². The van der Waals surface area contributed by atoms with E-state index in [-0.39, 0.29) is 18.2 Å². The topological polar surface area (TPSA) is 49.4 Å². The van der Waals surface area contributed by atoms with Gasteiger partial charge >= 0.3 is 0 Å². The highest BCUT2D eigenvalue weighted by Crippen LogP contribution is 2.31. The molecule has 4 nitrogen and oxygen atoms in total. The molecule has 0 saturated carbocycles. The molecule has 1 saturated heterocycles. The first-order valence-electron chi connectivity index (χ1n) is 7.57. The van der Waals surface area contributed by atoms with Gasteiger partial charge < -0.3 is 10.2 Å². The molecule has 2 amide bonds. The molecule has 0 aliphatic carbocycles. The van der Waals surface area contributed by atoms with E-state index in [2.05, 4.69) is 5.32 Å². The largest absolute Gasteiger partial charge is 0.326 e. The van der Waals surface area contributed by atoms with Crippen LogP contribution in [-0.4, -0.2) is 18.4 Å². The van der Waals surface area contributed by atoms with Crippen molar-refractivity contribution in [2.24, 2.45) is 5.92 Å². The van der Waals surface area contributed by atoms with Gasteiger partial charge in [-0.1, -0.05) is 40.9 Å². The SMILES string of the molecule is Cc1ccc(NC(=O)[C@@H]2CC(=O)N(c3ccc(Cl)c(Cl)c3)C2)cc1. The van der Waals surface area contributed by atoms with Crippen molar-refractivity contribution >= 4 is 46.4 Å². The first-order valence-corrected chi connectivity index (χ1v) is 8.32. The molecule has 0 unspecified atom stereocenters. The number of halogens is 2. The van der Waals surface area contributed by atoms with Crippen LogP contribution in [0.25, 0.3) is 0 Å². The minimum atomic E-state index is -0.395. The Balaban J connectivity index is 1.70. The summed E-state index contributed by atoms with van der Waals surface area (Å²) in [6.07, 6.45) is 0.179. The summed E-state index contributed by atoms with van der Waals surface area (Å²) in [6.45, 7) is 2.31. The van der Waals surface area contributed by atoms with Gasteiger partial charge in [-0.3, -0.25) is 9.59 Å². The number of aryl methyl sites for hydroxylation is 1. The normalized spacial score (nSPS) is 17.2. The summed E-state index contributed by atoms with van der Waals surface area (Å²) in [4.78, 5) is 26.2. The third-order valence-electron chi connectivity index (χ3n) is 4.03. The fourth-order valence-electron chi connectivity index (χ4n) is 2.67. The first-order chi connectivity index (χ1) is 11.4. The zero-order chi connectivity index (χ0) is 17.3. The van der Waals surface area contributed by atoms with Crippen molar-refractivity contribution in [2.45, 2.75) is 13.3 Å². The van der Waals surface area contributed by atoms with E-state index < -0.39 is 5.92 Å². The van der Waals surface area contributed by atoms with E-state index in [0.717, 1.165) is 11.3 Å². The van der Waals surface area contributed by atoms with Crippen LogP contribution in [0.1, 0.15) is 12.0 Å². The van der Waals surface area contributed by atoms with Crippen molar-refractivity contribution in [1.29, 1.82) is 0 Å². The molecule has 1 atom stereocenters. The monoisotopic (exact) mass is 362 g/mol. The molecule has 2 aromatic carbocycles. The zero-order valence-electron chi connectivity index (χ0n) is 13.1. The van der Waals surface area contributed by atoms with E-state index in [1.165, 1.54) is 0 Å². The van der Waals surface area contributed by atoms with Gasteiger partial charge in [-0.25, -0.2) is 0 Å². The maximum atomic E-state index is 12.4. The number of hydrogen-bond acceptors (Lipinski definition) is 2. The van der Waals surface area contributed by atoms with E-state index in [0.29, 0.717) is 22.3 Å². The molecule has 1 aliphatic rings. The van der Waals surface area contributed by atoms with E-state index in [9.17, 15) is 9.59 Å². The summed E-state index contributed by atoms with van der Waals surface area (Å²) in [7, 11) is 0. The van der Waals surface area contributed by atoms with E-state index >= 15 is 0 Å². The average Bonchev–Trinajstić information content (AvgIpc) is 2.94. The van der Waals surface area contributed by atoms with Crippen LogP contribution in [0.3, 0.4) is 0 Å². The lowest BCUT2D eigenvalue weighted by Crippen LogP contribution is -2.28. The Bertz CT molecular complexity index is 790. The van der Waals surface area contributed by atoms with Gasteiger partial charge in [-0.05, 0) is 37.3 Å². The average molecular weight is 363 g/mol. The van der Waals surface area contributed by atoms with E-state index in [1.807, 2.05) is 31.2 Å². The molecule has 1 fully saturated rings. The van der Waals surface area contributed by atoms with Crippen molar-refractivity contribution in [3.8, 4) is 0 Å². The molecule has 6 heteroatoms. The lowest BCUT2D eigenvalue weighted by Gasteiger charge is -2.17. The van der Waals surface area contributed by atoms with Gasteiger partial charge in [0.25, 0.3) is 0 Å². The van der Waals surface area contributed by atoms with Crippen molar-refractivity contribution in [3.05, 3.63) is 58.1 Å². The van der Waals surface area contributed by atoms with Crippen molar-refractivity contribution in [3.63, 3.8) is 0 Å². The van der Waals surface area contributed by atoms with Crippen LogP contribution >= 0.6 is 23.2 Å².